The summed E-state index contributed by atoms with van der Waals surface area (Å²) in [5.41, 5.74) is 2.25. The van der Waals surface area contributed by atoms with Gasteiger partial charge in [0.15, 0.2) is 0 Å². The van der Waals surface area contributed by atoms with E-state index in [1.807, 2.05) is 24.5 Å². The highest BCUT2D eigenvalue weighted by Gasteiger charge is 2.08. The first-order valence-electron chi connectivity index (χ1n) is 6.19. The zero-order chi connectivity index (χ0) is 12.8. The van der Waals surface area contributed by atoms with Gasteiger partial charge in [-0.3, -0.25) is 4.98 Å². The minimum atomic E-state index is 0.870. The van der Waals surface area contributed by atoms with Crippen LogP contribution in [0.5, 0.6) is 5.75 Å². The average Bonchev–Trinajstić information content (AvgIpc) is 2.85. The van der Waals surface area contributed by atoms with Crippen LogP contribution in [0.1, 0.15) is 0 Å². The number of ether oxygens (including phenoxy) is 1. The van der Waals surface area contributed by atoms with E-state index in [4.69, 9.17) is 4.74 Å². The van der Waals surface area contributed by atoms with E-state index in [1.165, 1.54) is 21.5 Å². The Labute approximate surface area is 109 Å². The van der Waals surface area contributed by atoms with E-state index >= 15 is 0 Å². The minimum Gasteiger partial charge on any atom is -0.497 e. The smallest absolute Gasteiger partial charge is 0.119 e. The van der Waals surface area contributed by atoms with Gasteiger partial charge in [-0.15, -0.1) is 0 Å². The number of fused-ring (bicyclic) bond motifs is 5. The number of methoxy groups -OCH3 is 1. The highest BCUT2D eigenvalue weighted by atomic mass is 16.5. The Kier molecular flexibility index (Phi) is 2.03. The van der Waals surface area contributed by atoms with Crippen molar-refractivity contribution in [3.05, 3.63) is 48.8 Å². The van der Waals surface area contributed by atoms with Crippen LogP contribution in [0.3, 0.4) is 0 Å². The first kappa shape index (κ1) is 10.4. The molecule has 4 aromatic rings. The summed E-state index contributed by atoms with van der Waals surface area (Å²) in [5, 5.41) is 4.75. The SMILES string of the molecule is COc1ccc2[nH]c3ccc4ccncc4c3c2c1. The van der Waals surface area contributed by atoms with Crippen molar-refractivity contribution >= 4 is 32.6 Å². The van der Waals surface area contributed by atoms with Gasteiger partial charge in [-0.2, -0.15) is 0 Å². The second kappa shape index (κ2) is 3.72. The lowest BCUT2D eigenvalue weighted by molar-refractivity contribution is 0.415. The quantitative estimate of drug-likeness (QED) is 0.555. The molecule has 4 rings (SSSR count). The van der Waals surface area contributed by atoms with Crippen LogP contribution in [-0.4, -0.2) is 17.1 Å². The maximum Gasteiger partial charge on any atom is 0.119 e. The zero-order valence-electron chi connectivity index (χ0n) is 10.5. The van der Waals surface area contributed by atoms with Crippen LogP contribution in [0, 0.1) is 0 Å². The molecule has 2 aromatic heterocycles. The lowest BCUT2D eigenvalue weighted by atomic mass is 10.1. The molecule has 0 amide bonds. The first-order valence-corrected chi connectivity index (χ1v) is 6.19. The highest BCUT2D eigenvalue weighted by molar-refractivity contribution is 6.20. The summed E-state index contributed by atoms with van der Waals surface area (Å²) in [7, 11) is 1.69. The van der Waals surface area contributed by atoms with Crippen LogP contribution in [-0.2, 0) is 0 Å². The molecule has 2 heterocycles. The van der Waals surface area contributed by atoms with Crippen molar-refractivity contribution in [1.29, 1.82) is 0 Å². The molecule has 0 atom stereocenters. The zero-order valence-corrected chi connectivity index (χ0v) is 10.5. The fraction of sp³-hybridized carbons (Fsp3) is 0.0625. The fourth-order valence-corrected chi connectivity index (χ4v) is 2.67. The Morgan fingerprint density at radius 1 is 1.00 bits per heavy atom. The van der Waals surface area contributed by atoms with Crippen molar-refractivity contribution in [2.75, 3.05) is 7.11 Å². The van der Waals surface area contributed by atoms with Crippen LogP contribution in [0.25, 0.3) is 32.6 Å². The van der Waals surface area contributed by atoms with Gasteiger partial charge in [0.1, 0.15) is 5.75 Å². The summed E-state index contributed by atoms with van der Waals surface area (Å²) in [5.74, 6) is 0.870. The standard InChI is InChI=1S/C16H12N2O/c1-19-11-3-5-14-12(8-11)16-13-9-17-7-6-10(13)2-4-15(16)18-14/h2-9,18H,1H3. The van der Waals surface area contributed by atoms with Gasteiger partial charge in [0.2, 0.25) is 0 Å². The molecule has 0 aliphatic carbocycles. The molecule has 0 aliphatic heterocycles. The molecule has 0 aliphatic rings. The molecule has 92 valence electrons. The second-order valence-corrected chi connectivity index (χ2v) is 4.62. The molecule has 2 aromatic carbocycles. The van der Waals surface area contributed by atoms with E-state index < -0.39 is 0 Å². The second-order valence-electron chi connectivity index (χ2n) is 4.62. The van der Waals surface area contributed by atoms with Gasteiger partial charge in [-0.1, -0.05) is 6.07 Å². The van der Waals surface area contributed by atoms with E-state index in [1.54, 1.807) is 7.11 Å². The minimum absolute atomic E-state index is 0.870. The van der Waals surface area contributed by atoms with Crippen molar-refractivity contribution in [3.8, 4) is 5.75 Å². The molecule has 3 heteroatoms. The monoisotopic (exact) mass is 248 g/mol. The van der Waals surface area contributed by atoms with Crippen molar-refractivity contribution in [3.63, 3.8) is 0 Å². The van der Waals surface area contributed by atoms with Crippen molar-refractivity contribution in [2.45, 2.75) is 0 Å². The number of nitrogens with one attached hydrogen (secondary N) is 1. The van der Waals surface area contributed by atoms with Gasteiger partial charge >= 0.3 is 0 Å². The molecule has 0 saturated heterocycles. The molecule has 0 bridgehead atoms. The Balaban J connectivity index is 2.27. The van der Waals surface area contributed by atoms with Crippen molar-refractivity contribution in [2.24, 2.45) is 0 Å². The molecule has 0 fully saturated rings. The van der Waals surface area contributed by atoms with Crippen LogP contribution < -0.4 is 4.74 Å². The summed E-state index contributed by atoms with van der Waals surface area (Å²) >= 11 is 0. The Hall–Kier alpha value is -2.55. The van der Waals surface area contributed by atoms with Gasteiger partial charge in [-0.05, 0) is 35.7 Å². The Bertz CT molecular complexity index is 908. The van der Waals surface area contributed by atoms with E-state index in [2.05, 4.69) is 34.2 Å². The van der Waals surface area contributed by atoms with Crippen LogP contribution in [0.15, 0.2) is 48.8 Å². The summed E-state index contributed by atoms with van der Waals surface area (Å²) in [6, 6.07) is 12.4. The molecular formula is C16H12N2O. The van der Waals surface area contributed by atoms with E-state index in [0.717, 1.165) is 16.8 Å². The van der Waals surface area contributed by atoms with Crippen molar-refractivity contribution < 1.29 is 4.74 Å². The first-order chi connectivity index (χ1) is 9.36. The normalized spacial score (nSPS) is 11.4. The predicted molar refractivity (Wildman–Crippen MR) is 77.7 cm³/mol. The number of aromatic amines is 1. The number of aromatic nitrogens is 2. The van der Waals surface area contributed by atoms with Gasteiger partial charge < -0.3 is 9.72 Å². The summed E-state index contributed by atoms with van der Waals surface area (Å²) in [6.45, 7) is 0. The summed E-state index contributed by atoms with van der Waals surface area (Å²) in [4.78, 5) is 7.68. The number of H-pyrrole nitrogens is 1. The lowest BCUT2D eigenvalue weighted by Gasteiger charge is -2.01. The maximum atomic E-state index is 5.32. The van der Waals surface area contributed by atoms with E-state index in [-0.39, 0.29) is 0 Å². The van der Waals surface area contributed by atoms with Crippen molar-refractivity contribution in [1.82, 2.24) is 9.97 Å². The summed E-state index contributed by atoms with van der Waals surface area (Å²) in [6.07, 6.45) is 3.74. The van der Waals surface area contributed by atoms with Gasteiger partial charge in [0.25, 0.3) is 0 Å². The topological polar surface area (TPSA) is 37.9 Å². The van der Waals surface area contributed by atoms with Gasteiger partial charge in [-0.25, -0.2) is 0 Å². The number of rotatable bonds is 1. The van der Waals surface area contributed by atoms with Gasteiger partial charge in [0.05, 0.1) is 7.11 Å². The molecule has 3 nitrogen and oxygen atoms in total. The molecule has 1 N–H and O–H groups in total. The number of hydrogen-bond donors (Lipinski definition) is 1. The number of nitrogens with zero attached hydrogens (tertiary/aromatic N) is 1. The fourth-order valence-electron chi connectivity index (χ4n) is 2.67. The molecule has 0 saturated carbocycles. The number of hydrogen-bond acceptors (Lipinski definition) is 2. The number of pyridine rings is 1. The average molecular weight is 248 g/mol. The largest absolute Gasteiger partial charge is 0.497 e. The molecule has 19 heavy (non-hydrogen) atoms. The molecule has 0 spiro atoms. The third-order valence-electron chi connectivity index (χ3n) is 3.59. The third kappa shape index (κ3) is 1.41. The maximum absolute atomic E-state index is 5.32. The third-order valence-corrected chi connectivity index (χ3v) is 3.59. The lowest BCUT2D eigenvalue weighted by Crippen LogP contribution is -1.81. The van der Waals surface area contributed by atoms with Crippen LogP contribution >= 0.6 is 0 Å². The Morgan fingerprint density at radius 2 is 1.89 bits per heavy atom. The number of benzene rings is 2. The predicted octanol–water partition coefficient (Wildman–Crippen LogP) is 3.88. The van der Waals surface area contributed by atoms with E-state index in [9.17, 15) is 0 Å². The molecular weight excluding hydrogens is 236 g/mol. The molecule has 0 radical (unpaired) electrons. The van der Waals surface area contributed by atoms with Crippen LogP contribution in [0.4, 0.5) is 0 Å². The molecule has 0 unspecified atom stereocenters. The van der Waals surface area contributed by atoms with Crippen LogP contribution in [0.2, 0.25) is 0 Å². The Morgan fingerprint density at radius 3 is 2.79 bits per heavy atom. The highest BCUT2D eigenvalue weighted by Crippen LogP contribution is 2.33. The van der Waals surface area contributed by atoms with Gasteiger partial charge in [0, 0.05) is 39.6 Å². The summed E-state index contributed by atoms with van der Waals surface area (Å²) < 4.78 is 5.32. The van der Waals surface area contributed by atoms with E-state index in [0.29, 0.717) is 0 Å².